The maximum absolute atomic E-state index is 12.9. The second kappa shape index (κ2) is 8.74. The molecule has 2 aromatic rings. The first-order valence-electron chi connectivity index (χ1n) is 9.23. The fourth-order valence-corrected chi connectivity index (χ4v) is 3.99. The Morgan fingerprint density at radius 1 is 1.19 bits per heavy atom. The lowest BCUT2D eigenvalue weighted by molar-refractivity contribution is -0.151. The van der Waals surface area contributed by atoms with Crippen molar-refractivity contribution in [1.82, 2.24) is 4.90 Å². The molecule has 1 amide bonds. The van der Waals surface area contributed by atoms with E-state index in [1.54, 1.807) is 7.11 Å². The largest absolute Gasteiger partial charge is 0.496 e. The van der Waals surface area contributed by atoms with Crippen molar-refractivity contribution in [2.24, 2.45) is 5.92 Å². The molecule has 0 radical (unpaired) electrons. The number of methoxy groups -OCH3 is 1. The van der Waals surface area contributed by atoms with Gasteiger partial charge in [-0.1, -0.05) is 28.1 Å². The molecule has 2 aromatic carbocycles. The van der Waals surface area contributed by atoms with Crippen molar-refractivity contribution < 1.29 is 19.1 Å². The molecule has 0 atom stereocenters. The third-order valence-electron chi connectivity index (χ3n) is 5.07. The molecule has 0 unspecified atom stereocenters. The van der Waals surface area contributed by atoms with Gasteiger partial charge in [0.2, 0.25) is 5.91 Å². The van der Waals surface area contributed by atoms with Crippen LogP contribution in [0.25, 0.3) is 10.8 Å². The second-order valence-corrected chi connectivity index (χ2v) is 7.61. The van der Waals surface area contributed by atoms with E-state index in [0.29, 0.717) is 32.5 Å². The van der Waals surface area contributed by atoms with Crippen LogP contribution >= 0.6 is 15.9 Å². The third-order valence-corrected chi connectivity index (χ3v) is 5.56. The van der Waals surface area contributed by atoms with Crippen LogP contribution in [0.3, 0.4) is 0 Å². The first-order valence-corrected chi connectivity index (χ1v) is 10.0. The van der Waals surface area contributed by atoms with Crippen molar-refractivity contribution in [1.29, 1.82) is 0 Å². The van der Waals surface area contributed by atoms with E-state index in [0.717, 1.165) is 26.6 Å². The first kappa shape index (κ1) is 19.7. The van der Waals surface area contributed by atoms with Gasteiger partial charge in [-0.3, -0.25) is 9.59 Å². The molecular weight excluding hydrogens is 410 g/mol. The number of amides is 1. The Kier molecular flexibility index (Phi) is 6.37. The summed E-state index contributed by atoms with van der Waals surface area (Å²) in [5.41, 5.74) is 0.903. The van der Waals surface area contributed by atoms with Crippen LogP contribution in [0.2, 0.25) is 0 Å². The van der Waals surface area contributed by atoms with E-state index in [9.17, 15) is 9.59 Å². The molecule has 0 N–H and O–H groups in total. The molecule has 0 saturated carbocycles. The molecule has 1 saturated heterocycles. The quantitative estimate of drug-likeness (QED) is 0.669. The normalized spacial score (nSPS) is 15.0. The Hall–Kier alpha value is -2.08. The number of piperidine rings is 1. The molecule has 0 spiro atoms. The Bertz CT molecular complexity index is 843. The van der Waals surface area contributed by atoms with Crippen molar-refractivity contribution in [2.45, 2.75) is 26.2 Å². The zero-order valence-corrected chi connectivity index (χ0v) is 17.3. The van der Waals surface area contributed by atoms with Crippen molar-refractivity contribution >= 4 is 38.6 Å². The number of ether oxygens (including phenoxy) is 2. The third kappa shape index (κ3) is 4.43. The van der Waals surface area contributed by atoms with Gasteiger partial charge in [-0.2, -0.15) is 0 Å². The number of nitrogens with zero attached hydrogens (tertiary/aromatic N) is 1. The number of fused-ring (bicyclic) bond motifs is 1. The van der Waals surface area contributed by atoms with Gasteiger partial charge >= 0.3 is 5.97 Å². The van der Waals surface area contributed by atoms with Crippen LogP contribution in [0, 0.1) is 5.92 Å². The van der Waals surface area contributed by atoms with E-state index in [1.165, 1.54) is 0 Å². The fraction of sp³-hybridized carbons (Fsp3) is 0.429. The minimum Gasteiger partial charge on any atom is -0.496 e. The summed E-state index contributed by atoms with van der Waals surface area (Å²) < 4.78 is 11.6. The predicted molar refractivity (Wildman–Crippen MR) is 108 cm³/mol. The van der Waals surface area contributed by atoms with Crippen molar-refractivity contribution in [2.75, 3.05) is 26.8 Å². The lowest BCUT2D eigenvalue weighted by Crippen LogP contribution is -2.41. The first-order chi connectivity index (χ1) is 13.0. The summed E-state index contributed by atoms with van der Waals surface area (Å²) in [6.45, 7) is 3.38. The number of carbonyl (C=O) groups excluding carboxylic acids is 2. The lowest BCUT2D eigenvalue weighted by atomic mass is 9.95. The van der Waals surface area contributed by atoms with Gasteiger partial charge in [-0.25, -0.2) is 0 Å². The minimum atomic E-state index is -0.147. The highest BCUT2D eigenvalue weighted by Crippen LogP contribution is 2.31. The van der Waals surface area contributed by atoms with E-state index in [4.69, 9.17) is 9.47 Å². The summed E-state index contributed by atoms with van der Waals surface area (Å²) in [6.07, 6.45) is 1.60. The number of hydrogen-bond acceptors (Lipinski definition) is 4. The Morgan fingerprint density at radius 3 is 2.59 bits per heavy atom. The Labute approximate surface area is 167 Å². The number of hydrogen-bond donors (Lipinski definition) is 0. The summed E-state index contributed by atoms with van der Waals surface area (Å²) in [5, 5.41) is 2.08. The maximum atomic E-state index is 12.9. The van der Waals surface area contributed by atoms with Crippen LogP contribution in [0.15, 0.2) is 34.8 Å². The number of benzene rings is 2. The Balaban J connectivity index is 1.74. The van der Waals surface area contributed by atoms with Gasteiger partial charge in [0.15, 0.2) is 0 Å². The van der Waals surface area contributed by atoms with Crippen LogP contribution in [-0.4, -0.2) is 43.6 Å². The van der Waals surface area contributed by atoms with Crippen LogP contribution in [0.1, 0.15) is 25.3 Å². The lowest BCUT2D eigenvalue weighted by Gasteiger charge is -2.31. The molecule has 0 bridgehead atoms. The summed E-state index contributed by atoms with van der Waals surface area (Å²) in [6, 6.07) is 9.92. The second-order valence-electron chi connectivity index (χ2n) is 6.70. The molecule has 0 aromatic heterocycles. The van der Waals surface area contributed by atoms with Crippen LogP contribution in [-0.2, 0) is 20.7 Å². The molecule has 27 heavy (non-hydrogen) atoms. The topological polar surface area (TPSA) is 55.8 Å². The molecule has 1 aliphatic rings. The van der Waals surface area contributed by atoms with E-state index in [-0.39, 0.29) is 24.2 Å². The highest BCUT2D eigenvalue weighted by Gasteiger charge is 2.28. The Morgan fingerprint density at radius 2 is 1.93 bits per heavy atom. The van der Waals surface area contributed by atoms with E-state index >= 15 is 0 Å². The highest BCUT2D eigenvalue weighted by molar-refractivity contribution is 9.10. The van der Waals surface area contributed by atoms with Gasteiger partial charge in [0, 0.05) is 23.1 Å². The molecule has 1 aliphatic heterocycles. The summed E-state index contributed by atoms with van der Waals surface area (Å²) in [4.78, 5) is 26.6. The SMILES string of the molecule is CCOC(=O)C1CCN(C(=O)Cc2c(OC)ccc3cc(Br)ccc23)CC1. The van der Waals surface area contributed by atoms with Crippen LogP contribution < -0.4 is 4.74 Å². The van der Waals surface area contributed by atoms with Gasteiger partial charge < -0.3 is 14.4 Å². The van der Waals surface area contributed by atoms with Gasteiger partial charge in [0.25, 0.3) is 0 Å². The molecule has 1 heterocycles. The average Bonchev–Trinajstić information content (AvgIpc) is 2.68. The summed E-state index contributed by atoms with van der Waals surface area (Å²) in [5.74, 6) is 0.537. The van der Waals surface area contributed by atoms with Gasteiger partial charge in [0.1, 0.15) is 5.75 Å². The van der Waals surface area contributed by atoms with Crippen molar-refractivity contribution in [3.8, 4) is 5.75 Å². The highest BCUT2D eigenvalue weighted by atomic mass is 79.9. The monoisotopic (exact) mass is 433 g/mol. The number of carbonyl (C=O) groups is 2. The van der Waals surface area contributed by atoms with Crippen molar-refractivity contribution in [3.63, 3.8) is 0 Å². The number of esters is 1. The molecule has 5 nitrogen and oxygen atoms in total. The van der Waals surface area contributed by atoms with Gasteiger partial charge in [-0.05, 0) is 48.7 Å². The fourth-order valence-electron chi connectivity index (χ4n) is 3.61. The predicted octanol–water partition coefficient (Wildman–Crippen LogP) is 3.96. The molecular formula is C21H24BrNO4. The number of halogens is 1. The smallest absolute Gasteiger partial charge is 0.309 e. The minimum absolute atomic E-state index is 0.0611. The van der Waals surface area contributed by atoms with Crippen LogP contribution in [0.4, 0.5) is 0 Å². The zero-order chi connectivity index (χ0) is 19.4. The molecule has 1 fully saturated rings. The number of rotatable bonds is 5. The van der Waals surface area contributed by atoms with E-state index in [2.05, 4.69) is 15.9 Å². The molecule has 6 heteroatoms. The van der Waals surface area contributed by atoms with E-state index in [1.807, 2.05) is 42.2 Å². The molecule has 144 valence electrons. The van der Waals surface area contributed by atoms with Crippen LogP contribution in [0.5, 0.6) is 5.75 Å². The molecule has 3 rings (SSSR count). The van der Waals surface area contributed by atoms with Crippen molar-refractivity contribution in [3.05, 3.63) is 40.4 Å². The maximum Gasteiger partial charge on any atom is 0.309 e. The standard InChI is InChI=1S/C21H24BrNO4/c1-3-27-21(25)14-8-10-23(11-9-14)20(24)13-18-17-6-5-16(22)12-15(17)4-7-19(18)26-2/h4-7,12,14H,3,8-11,13H2,1-2H3. The summed E-state index contributed by atoms with van der Waals surface area (Å²) in [7, 11) is 1.62. The molecule has 0 aliphatic carbocycles. The average molecular weight is 434 g/mol. The number of likely N-dealkylation sites (tertiary alicyclic amines) is 1. The summed E-state index contributed by atoms with van der Waals surface area (Å²) >= 11 is 3.49. The van der Waals surface area contributed by atoms with Gasteiger partial charge in [-0.15, -0.1) is 0 Å². The van der Waals surface area contributed by atoms with E-state index < -0.39 is 0 Å². The zero-order valence-electron chi connectivity index (χ0n) is 15.7. The van der Waals surface area contributed by atoms with Gasteiger partial charge in [0.05, 0.1) is 26.1 Å².